The van der Waals surface area contributed by atoms with E-state index < -0.39 is 0 Å². The maximum Gasteiger partial charge on any atom is 0.278 e. The Morgan fingerprint density at radius 3 is 2.58 bits per heavy atom. The second-order valence-corrected chi connectivity index (χ2v) is 8.41. The molecule has 0 saturated carbocycles. The van der Waals surface area contributed by atoms with Crippen LogP contribution in [0, 0.1) is 10.1 Å². The largest absolute Gasteiger partial charge is 0.368 e. The Kier molecular flexibility index (Phi) is 5.31. The van der Waals surface area contributed by atoms with Crippen molar-refractivity contribution in [2.45, 2.75) is 6.54 Å². The van der Waals surface area contributed by atoms with Crippen LogP contribution < -0.4 is 4.90 Å². The molecule has 1 saturated heterocycles. The monoisotopic (exact) mass is 431 g/mol. The van der Waals surface area contributed by atoms with Crippen LogP contribution in [0.25, 0.3) is 21.3 Å². The van der Waals surface area contributed by atoms with Gasteiger partial charge in [0.05, 0.1) is 16.0 Å². The van der Waals surface area contributed by atoms with E-state index in [1.807, 2.05) is 30.3 Å². The van der Waals surface area contributed by atoms with Gasteiger partial charge >= 0.3 is 0 Å². The highest BCUT2D eigenvalue weighted by molar-refractivity contribution is 7.13. The van der Waals surface area contributed by atoms with Gasteiger partial charge in [-0.15, -0.1) is 11.3 Å². The summed E-state index contributed by atoms with van der Waals surface area (Å²) in [5.74, 6) is 0. The lowest BCUT2D eigenvalue weighted by Crippen LogP contribution is -2.46. The maximum absolute atomic E-state index is 11.4. The summed E-state index contributed by atoms with van der Waals surface area (Å²) in [6.07, 6.45) is 3.28. The van der Waals surface area contributed by atoms with E-state index in [2.05, 4.69) is 32.3 Å². The van der Waals surface area contributed by atoms with Gasteiger partial charge in [-0.2, -0.15) is 0 Å². The lowest BCUT2D eigenvalue weighted by Gasteiger charge is -2.36. The third-order valence-electron chi connectivity index (χ3n) is 5.64. The van der Waals surface area contributed by atoms with Gasteiger partial charge in [-0.3, -0.25) is 20.0 Å². The number of thiazole rings is 1. The van der Waals surface area contributed by atoms with E-state index in [9.17, 15) is 10.1 Å². The minimum Gasteiger partial charge on any atom is -0.368 e. The summed E-state index contributed by atoms with van der Waals surface area (Å²) in [6, 6.07) is 15.6. The van der Waals surface area contributed by atoms with Crippen molar-refractivity contribution >= 4 is 33.5 Å². The molecule has 1 aliphatic rings. The number of rotatable bonds is 5. The fraction of sp³-hybridized carbons (Fsp3) is 0.217. The Hall–Kier alpha value is -3.36. The number of hydrogen-bond donors (Lipinski definition) is 0. The number of anilines is 1. The smallest absolute Gasteiger partial charge is 0.278 e. The summed E-state index contributed by atoms with van der Waals surface area (Å²) in [5.41, 5.74) is 3.39. The summed E-state index contributed by atoms with van der Waals surface area (Å²) < 4.78 is 0. The molecule has 31 heavy (non-hydrogen) atoms. The second kappa shape index (κ2) is 8.41. The third-order valence-corrected chi connectivity index (χ3v) is 6.58. The molecule has 0 radical (unpaired) electrons. The molecule has 0 aliphatic carbocycles. The number of fused-ring (bicyclic) bond motifs is 1. The zero-order valence-corrected chi connectivity index (χ0v) is 17.7. The number of piperazine rings is 1. The van der Waals surface area contributed by atoms with Crippen molar-refractivity contribution in [2.75, 3.05) is 31.1 Å². The van der Waals surface area contributed by atoms with Gasteiger partial charge < -0.3 is 4.90 Å². The zero-order valence-electron chi connectivity index (χ0n) is 16.8. The molecule has 5 rings (SSSR count). The van der Waals surface area contributed by atoms with Crippen LogP contribution in [0.1, 0.15) is 5.69 Å². The number of nitro benzene ring substituents is 1. The van der Waals surface area contributed by atoms with Crippen LogP contribution in [0.5, 0.6) is 0 Å². The Morgan fingerprint density at radius 1 is 1.00 bits per heavy atom. The number of nitrogens with zero attached hydrogens (tertiary/aromatic N) is 5. The maximum atomic E-state index is 11.4. The molecule has 7 nitrogen and oxygen atoms in total. The molecule has 0 amide bonds. The Morgan fingerprint density at radius 2 is 1.81 bits per heavy atom. The van der Waals surface area contributed by atoms with E-state index >= 15 is 0 Å². The number of benzene rings is 2. The van der Waals surface area contributed by atoms with Gasteiger partial charge in [0.15, 0.2) is 0 Å². The van der Waals surface area contributed by atoms with Crippen LogP contribution in [-0.4, -0.2) is 46.0 Å². The molecule has 0 atom stereocenters. The minimum atomic E-state index is -0.344. The Bertz CT molecular complexity index is 1220. The molecule has 1 aliphatic heterocycles. The molecule has 156 valence electrons. The highest BCUT2D eigenvalue weighted by Gasteiger charge is 2.22. The lowest BCUT2D eigenvalue weighted by molar-refractivity contribution is -0.383. The molecular weight excluding hydrogens is 410 g/mol. The van der Waals surface area contributed by atoms with Crippen LogP contribution in [0.3, 0.4) is 0 Å². The highest BCUT2D eigenvalue weighted by Crippen LogP contribution is 2.33. The summed E-state index contributed by atoms with van der Waals surface area (Å²) in [5, 5.41) is 16.0. The standard InChI is InChI=1S/C23H21N5O2S/c29-28(30)22-7-6-21(19-8-9-24-14-20(19)22)27-12-10-26(11-13-27)15-18-16-31-23(25-18)17-4-2-1-3-5-17/h1-9,14,16H,10-13,15H2. The van der Waals surface area contributed by atoms with Gasteiger partial charge in [0, 0.05) is 73.2 Å². The van der Waals surface area contributed by atoms with Gasteiger partial charge in [0.25, 0.3) is 5.69 Å². The van der Waals surface area contributed by atoms with Gasteiger partial charge in [0.1, 0.15) is 5.01 Å². The van der Waals surface area contributed by atoms with Crippen LogP contribution in [0.2, 0.25) is 0 Å². The molecule has 4 aromatic rings. The van der Waals surface area contributed by atoms with Gasteiger partial charge in [-0.1, -0.05) is 30.3 Å². The van der Waals surface area contributed by atoms with Crippen LogP contribution in [-0.2, 0) is 6.54 Å². The van der Waals surface area contributed by atoms with Gasteiger partial charge in [-0.25, -0.2) is 4.98 Å². The first-order valence-electron chi connectivity index (χ1n) is 10.2. The quantitative estimate of drug-likeness (QED) is 0.340. The second-order valence-electron chi connectivity index (χ2n) is 7.56. The number of pyridine rings is 1. The molecule has 0 unspecified atom stereocenters. The first kappa shape index (κ1) is 19.6. The van der Waals surface area contributed by atoms with Gasteiger partial charge in [0.2, 0.25) is 0 Å². The van der Waals surface area contributed by atoms with Crippen molar-refractivity contribution in [2.24, 2.45) is 0 Å². The molecular formula is C23H21N5O2S. The summed E-state index contributed by atoms with van der Waals surface area (Å²) in [6.45, 7) is 4.40. The van der Waals surface area contributed by atoms with E-state index in [0.717, 1.165) is 60.1 Å². The van der Waals surface area contributed by atoms with E-state index in [1.54, 1.807) is 29.8 Å². The minimum absolute atomic E-state index is 0.100. The fourth-order valence-electron chi connectivity index (χ4n) is 4.06. The average molecular weight is 432 g/mol. The van der Waals surface area contributed by atoms with Gasteiger partial charge in [-0.05, 0) is 12.1 Å². The number of non-ortho nitro benzene ring substituents is 1. The van der Waals surface area contributed by atoms with Crippen molar-refractivity contribution in [1.82, 2.24) is 14.9 Å². The molecule has 2 aromatic carbocycles. The summed E-state index contributed by atoms with van der Waals surface area (Å²) >= 11 is 1.68. The van der Waals surface area contributed by atoms with Crippen molar-refractivity contribution in [3.05, 3.63) is 82.1 Å². The molecule has 0 bridgehead atoms. The topological polar surface area (TPSA) is 75.4 Å². The summed E-state index contributed by atoms with van der Waals surface area (Å²) in [4.78, 5) is 24.6. The number of nitro groups is 1. The third kappa shape index (κ3) is 3.99. The van der Waals surface area contributed by atoms with E-state index in [4.69, 9.17) is 4.98 Å². The Balaban J connectivity index is 1.28. The van der Waals surface area contributed by atoms with Crippen molar-refractivity contribution in [3.8, 4) is 10.6 Å². The van der Waals surface area contributed by atoms with Crippen molar-refractivity contribution < 1.29 is 4.92 Å². The average Bonchev–Trinajstić information content (AvgIpc) is 3.28. The molecule has 0 N–H and O–H groups in total. The molecule has 0 spiro atoms. The molecule has 1 fully saturated rings. The number of hydrogen-bond acceptors (Lipinski definition) is 7. The molecule has 3 heterocycles. The normalized spacial score (nSPS) is 14.8. The first-order valence-corrected chi connectivity index (χ1v) is 11.1. The van der Waals surface area contributed by atoms with E-state index in [1.165, 1.54) is 0 Å². The fourth-order valence-corrected chi connectivity index (χ4v) is 4.88. The Labute approximate surface area is 183 Å². The van der Waals surface area contributed by atoms with Crippen LogP contribution in [0.4, 0.5) is 11.4 Å². The molecule has 8 heteroatoms. The zero-order chi connectivity index (χ0) is 21.2. The van der Waals surface area contributed by atoms with Crippen LogP contribution >= 0.6 is 11.3 Å². The van der Waals surface area contributed by atoms with Crippen LogP contribution in [0.15, 0.2) is 66.3 Å². The molecule has 2 aromatic heterocycles. The van der Waals surface area contributed by atoms with Crippen molar-refractivity contribution in [3.63, 3.8) is 0 Å². The highest BCUT2D eigenvalue weighted by atomic mass is 32.1. The lowest BCUT2D eigenvalue weighted by atomic mass is 10.1. The first-order chi connectivity index (χ1) is 15.2. The predicted octanol–water partition coefficient (Wildman–Crippen LogP) is 4.59. The summed E-state index contributed by atoms with van der Waals surface area (Å²) in [7, 11) is 0. The van der Waals surface area contributed by atoms with Crippen molar-refractivity contribution in [1.29, 1.82) is 0 Å². The SMILES string of the molecule is O=[N+]([O-])c1ccc(N2CCN(Cc3csc(-c4ccccc4)n3)CC2)c2ccncc12. The predicted molar refractivity (Wildman–Crippen MR) is 123 cm³/mol. The number of aromatic nitrogens is 2. The van der Waals surface area contributed by atoms with E-state index in [0.29, 0.717) is 5.39 Å². The van der Waals surface area contributed by atoms with E-state index in [-0.39, 0.29) is 10.6 Å².